The monoisotopic (exact) mass is 356 g/mol. The molecule has 0 bridgehead atoms. The van der Waals surface area contributed by atoms with Crippen molar-refractivity contribution in [2.24, 2.45) is 0 Å². The van der Waals surface area contributed by atoms with Crippen LogP contribution in [-0.4, -0.2) is 28.4 Å². The lowest BCUT2D eigenvalue weighted by molar-refractivity contribution is -0.174. The number of anilines is 1. The Morgan fingerprint density at radius 3 is 2.96 bits per heavy atom. The van der Waals surface area contributed by atoms with Crippen LogP contribution in [-0.2, 0) is 0 Å². The van der Waals surface area contributed by atoms with Gasteiger partial charge in [0, 0.05) is 19.0 Å². The first-order valence-electron chi connectivity index (χ1n) is 8.14. The molecule has 0 unspecified atom stereocenters. The van der Waals surface area contributed by atoms with Crippen molar-refractivity contribution in [2.75, 3.05) is 11.9 Å². The topological polar surface area (TPSA) is 72.1 Å². The minimum atomic E-state index is -4.48. The molecule has 0 aliphatic carbocycles. The summed E-state index contributed by atoms with van der Waals surface area (Å²) in [4.78, 5) is 12.1. The number of carbonyl (C=O) groups excluding carboxylic acids is 1. The maximum Gasteiger partial charge on any atom is 0.410 e. The molecular weight excluding hydrogens is 337 g/mol. The van der Waals surface area contributed by atoms with E-state index in [9.17, 15) is 18.0 Å². The van der Waals surface area contributed by atoms with Gasteiger partial charge in [-0.05, 0) is 18.6 Å². The van der Waals surface area contributed by atoms with Gasteiger partial charge in [-0.2, -0.15) is 18.3 Å². The number of hydrogen-bond donors (Lipinski definition) is 2. The molecule has 0 radical (unpaired) electrons. The maximum absolute atomic E-state index is 13.5. The maximum atomic E-state index is 13.5. The summed E-state index contributed by atoms with van der Waals surface area (Å²) in [5, 5.41) is 9.51. The molecular formula is C16H19F3N4O2. The molecule has 1 amide bonds. The quantitative estimate of drug-likeness (QED) is 0.802. The van der Waals surface area contributed by atoms with Gasteiger partial charge in [-0.1, -0.05) is 13.3 Å². The minimum absolute atomic E-state index is 0.0343. The molecule has 0 fully saturated rings. The summed E-state index contributed by atoms with van der Waals surface area (Å²) in [7, 11) is 0. The summed E-state index contributed by atoms with van der Waals surface area (Å²) < 4.78 is 46.5. The molecule has 0 aromatic carbocycles. The van der Waals surface area contributed by atoms with E-state index in [1.165, 1.54) is 12.3 Å². The average Bonchev–Trinajstić information content (AvgIpc) is 3.22. The van der Waals surface area contributed by atoms with E-state index in [1.54, 1.807) is 12.1 Å². The van der Waals surface area contributed by atoms with E-state index in [1.807, 2.05) is 6.92 Å². The van der Waals surface area contributed by atoms with Crippen molar-refractivity contribution in [3.8, 4) is 0 Å². The average molecular weight is 356 g/mol. The van der Waals surface area contributed by atoms with Gasteiger partial charge in [-0.3, -0.25) is 4.79 Å². The first-order valence-corrected chi connectivity index (χ1v) is 8.14. The van der Waals surface area contributed by atoms with E-state index in [-0.39, 0.29) is 17.9 Å². The van der Waals surface area contributed by atoms with Crippen LogP contribution in [0.15, 0.2) is 28.9 Å². The van der Waals surface area contributed by atoms with Gasteiger partial charge >= 0.3 is 6.18 Å². The predicted octanol–water partition coefficient (Wildman–Crippen LogP) is 3.67. The number of alkyl halides is 3. The fraction of sp³-hybridized carbons (Fsp3) is 0.500. The standard InChI is InChI=1S/C16H19F3N4O2/c1-2-3-6-20-15(24)11-9-14-21-10(12-5-4-7-25-12)8-13(16(17,18)19)23(14)22-11/h4-5,7,9-10,13,21H,2-3,6,8H2,1H3,(H,20,24)/t10-,13+/m1/s1. The number of nitrogens with one attached hydrogen (secondary N) is 2. The number of fused-ring (bicyclic) bond motifs is 1. The van der Waals surface area contributed by atoms with Crippen molar-refractivity contribution in [2.45, 2.75) is 44.4 Å². The van der Waals surface area contributed by atoms with Crippen molar-refractivity contribution < 1.29 is 22.4 Å². The van der Waals surface area contributed by atoms with Gasteiger partial charge in [0.25, 0.3) is 5.91 Å². The van der Waals surface area contributed by atoms with Crippen LogP contribution >= 0.6 is 0 Å². The number of rotatable bonds is 5. The second-order valence-corrected chi connectivity index (χ2v) is 5.97. The Morgan fingerprint density at radius 2 is 2.32 bits per heavy atom. The van der Waals surface area contributed by atoms with Crippen LogP contribution in [0.4, 0.5) is 19.0 Å². The molecule has 1 aliphatic rings. The Morgan fingerprint density at radius 1 is 1.52 bits per heavy atom. The molecule has 1 aliphatic heterocycles. The highest BCUT2D eigenvalue weighted by molar-refractivity contribution is 5.93. The zero-order valence-electron chi connectivity index (χ0n) is 13.6. The second-order valence-electron chi connectivity index (χ2n) is 5.97. The van der Waals surface area contributed by atoms with Crippen LogP contribution in [0.1, 0.15) is 54.5 Å². The van der Waals surface area contributed by atoms with Crippen LogP contribution in [0.2, 0.25) is 0 Å². The molecule has 6 nitrogen and oxygen atoms in total. The van der Waals surface area contributed by atoms with E-state index in [0.29, 0.717) is 12.3 Å². The molecule has 3 heterocycles. The number of furan rings is 1. The van der Waals surface area contributed by atoms with Crippen molar-refractivity contribution in [1.82, 2.24) is 15.1 Å². The molecule has 0 spiro atoms. The van der Waals surface area contributed by atoms with Crippen LogP contribution in [0.3, 0.4) is 0 Å². The zero-order chi connectivity index (χ0) is 18.0. The highest BCUT2D eigenvalue weighted by atomic mass is 19.4. The Bertz CT molecular complexity index is 724. The van der Waals surface area contributed by atoms with E-state index < -0.39 is 24.2 Å². The molecule has 2 aromatic rings. The number of hydrogen-bond acceptors (Lipinski definition) is 4. The summed E-state index contributed by atoms with van der Waals surface area (Å²) in [5.74, 6) is 0.0823. The lowest BCUT2D eigenvalue weighted by Crippen LogP contribution is -2.35. The SMILES string of the molecule is CCCCNC(=O)c1cc2n(n1)[C@H](C(F)(F)F)C[C@H](c1ccco1)N2. The summed E-state index contributed by atoms with van der Waals surface area (Å²) in [5.41, 5.74) is -0.0343. The molecule has 2 atom stereocenters. The van der Waals surface area contributed by atoms with Crippen molar-refractivity contribution >= 4 is 11.7 Å². The second kappa shape index (κ2) is 6.81. The van der Waals surface area contributed by atoms with Crippen LogP contribution in [0.25, 0.3) is 0 Å². The van der Waals surface area contributed by atoms with Gasteiger partial charge in [0.15, 0.2) is 11.7 Å². The molecule has 3 rings (SSSR count). The predicted molar refractivity (Wildman–Crippen MR) is 84.2 cm³/mol. The molecule has 9 heteroatoms. The fourth-order valence-electron chi connectivity index (χ4n) is 2.83. The van der Waals surface area contributed by atoms with Gasteiger partial charge in [-0.25, -0.2) is 4.68 Å². The lowest BCUT2D eigenvalue weighted by atomic mass is 10.0. The van der Waals surface area contributed by atoms with E-state index in [0.717, 1.165) is 17.5 Å². The lowest BCUT2D eigenvalue weighted by Gasteiger charge is -2.32. The van der Waals surface area contributed by atoms with Crippen LogP contribution in [0.5, 0.6) is 0 Å². The van der Waals surface area contributed by atoms with Crippen molar-refractivity contribution in [3.05, 3.63) is 35.9 Å². The van der Waals surface area contributed by atoms with Gasteiger partial charge in [0.05, 0.1) is 12.3 Å². The Hall–Kier alpha value is -2.45. The normalized spacial score (nSPS) is 20.0. The number of aromatic nitrogens is 2. The highest BCUT2D eigenvalue weighted by Gasteiger charge is 2.47. The number of halogens is 3. The Balaban J connectivity index is 1.87. The van der Waals surface area contributed by atoms with E-state index in [4.69, 9.17) is 4.42 Å². The zero-order valence-corrected chi connectivity index (χ0v) is 13.6. The van der Waals surface area contributed by atoms with Crippen molar-refractivity contribution in [1.29, 1.82) is 0 Å². The smallest absolute Gasteiger partial charge is 0.410 e. The van der Waals surface area contributed by atoms with Gasteiger partial charge < -0.3 is 15.1 Å². The van der Waals surface area contributed by atoms with Crippen LogP contribution < -0.4 is 10.6 Å². The molecule has 2 aromatic heterocycles. The molecule has 25 heavy (non-hydrogen) atoms. The van der Waals surface area contributed by atoms with Crippen LogP contribution in [0, 0.1) is 0 Å². The van der Waals surface area contributed by atoms with Crippen molar-refractivity contribution in [3.63, 3.8) is 0 Å². The Kier molecular flexibility index (Phi) is 4.73. The minimum Gasteiger partial charge on any atom is -0.467 e. The van der Waals surface area contributed by atoms with Gasteiger partial charge in [0.1, 0.15) is 11.6 Å². The molecule has 0 saturated heterocycles. The fourth-order valence-corrected chi connectivity index (χ4v) is 2.83. The first-order chi connectivity index (χ1) is 11.9. The third kappa shape index (κ3) is 3.64. The number of amides is 1. The Labute approximate surface area is 142 Å². The van der Waals surface area contributed by atoms with Gasteiger partial charge in [0.2, 0.25) is 0 Å². The number of unbranched alkanes of at least 4 members (excludes halogenated alkanes) is 1. The third-order valence-corrected chi connectivity index (χ3v) is 4.13. The first kappa shape index (κ1) is 17.4. The number of nitrogens with zero attached hydrogens (tertiary/aromatic N) is 2. The summed E-state index contributed by atoms with van der Waals surface area (Å²) in [6, 6.07) is 2.13. The van der Waals surface area contributed by atoms with E-state index in [2.05, 4.69) is 15.7 Å². The van der Waals surface area contributed by atoms with Gasteiger partial charge in [-0.15, -0.1) is 0 Å². The summed E-state index contributed by atoms with van der Waals surface area (Å²) in [6.07, 6.45) is -1.63. The largest absolute Gasteiger partial charge is 0.467 e. The highest BCUT2D eigenvalue weighted by Crippen LogP contribution is 2.43. The molecule has 2 N–H and O–H groups in total. The summed E-state index contributed by atoms with van der Waals surface area (Å²) >= 11 is 0. The molecule has 136 valence electrons. The molecule has 0 saturated carbocycles. The third-order valence-electron chi connectivity index (χ3n) is 4.13. The number of carbonyl (C=O) groups is 1. The summed E-state index contributed by atoms with van der Waals surface area (Å²) in [6.45, 7) is 2.44. The van der Waals surface area contributed by atoms with E-state index >= 15 is 0 Å².